The van der Waals surface area contributed by atoms with Gasteiger partial charge in [-0.2, -0.15) is 0 Å². The van der Waals surface area contributed by atoms with Gasteiger partial charge in [-0.25, -0.2) is 0 Å². The first-order valence-corrected chi connectivity index (χ1v) is 7.16. The number of hydrogen-bond donors (Lipinski definition) is 2. The number of rotatable bonds is 8. The zero-order valence-electron chi connectivity index (χ0n) is 12.3. The van der Waals surface area contributed by atoms with Crippen LogP contribution in [-0.4, -0.2) is 26.0 Å². The summed E-state index contributed by atoms with van der Waals surface area (Å²) in [7, 11) is 1.93. The summed E-state index contributed by atoms with van der Waals surface area (Å²) < 4.78 is 0. The standard InChI is InChI=1S/C16H26N2O/c1-13(2)7-6-11-18-16(19)15-9-5-4-8-14(15)10-12-17-3/h4-5,8-9,13,17H,6-7,10-12H2,1-3H3,(H,18,19). The van der Waals surface area contributed by atoms with Crippen molar-refractivity contribution in [2.75, 3.05) is 20.1 Å². The molecule has 0 atom stereocenters. The fourth-order valence-electron chi connectivity index (χ4n) is 2.03. The number of nitrogens with one attached hydrogen (secondary N) is 2. The second kappa shape index (κ2) is 8.70. The van der Waals surface area contributed by atoms with Gasteiger partial charge in [-0.1, -0.05) is 32.0 Å². The van der Waals surface area contributed by atoms with Crippen LogP contribution in [0.25, 0.3) is 0 Å². The summed E-state index contributed by atoms with van der Waals surface area (Å²) >= 11 is 0. The molecule has 3 nitrogen and oxygen atoms in total. The zero-order chi connectivity index (χ0) is 14.1. The summed E-state index contributed by atoms with van der Waals surface area (Å²) in [5, 5.41) is 6.13. The molecule has 0 aliphatic carbocycles. The summed E-state index contributed by atoms with van der Waals surface area (Å²) in [5.41, 5.74) is 1.92. The van der Waals surface area contributed by atoms with Gasteiger partial charge in [0, 0.05) is 12.1 Å². The molecular weight excluding hydrogens is 236 g/mol. The summed E-state index contributed by atoms with van der Waals surface area (Å²) in [6, 6.07) is 7.84. The van der Waals surface area contributed by atoms with Crippen molar-refractivity contribution in [2.24, 2.45) is 5.92 Å². The van der Waals surface area contributed by atoms with Crippen LogP contribution in [0.3, 0.4) is 0 Å². The van der Waals surface area contributed by atoms with Crippen molar-refractivity contribution in [3.63, 3.8) is 0 Å². The van der Waals surface area contributed by atoms with E-state index in [4.69, 9.17) is 0 Å². The molecule has 0 aliphatic heterocycles. The Balaban J connectivity index is 2.51. The minimum Gasteiger partial charge on any atom is -0.352 e. The number of likely N-dealkylation sites (N-methyl/N-ethyl adjacent to an activating group) is 1. The Morgan fingerprint density at radius 1 is 1.21 bits per heavy atom. The van der Waals surface area contributed by atoms with E-state index < -0.39 is 0 Å². The van der Waals surface area contributed by atoms with Gasteiger partial charge in [0.2, 0.25) is 0 Å². The lowest BCUT2D eigenvalue weighted by molar-refractivity contribution is 0.0951. The van der Waals surface area contributed by atoms with E-state index in [1.54, 1.807) is 0 Å². The third-order valence-electron chi connectivity index (χ3n) is 3.15. The van der Waals surface area contributed by atoms with Gasteiger partial charge < -0.3 is 10.6 Å². The molecule has 1 rings (SSSR count). The topological polar surface area (TPSA) is 41.1 Å². The molecule has 0 saturated carbocycles. The van der Waals surface area contributed by atoms with E-state index in [1.165, 1.54) is 0 Å². The highest BCUT2D eigenvalue weighted by Gasteiger charge is 2.09. The third-order valence-corrected chi connectivity index (χ3v) is 3.15. The van der Waals surface area contributed by atoms with Crippen molar-refractivity contribution < 1.29 is 4.79 Å². The Morgan fingerprint density at radius 2 is 1.95 bits per heavy atom. The third kappa shape index (κ3) is 5.88. The van der Waals surface area contributed by atoms with Crippen LogP contribution in [0, 0.1) is 5.92 Å². The molecule has 0 spiro atoms. The number of amides is 1. The van der Waals surface area contributed by atoms with Crippen molar-refractivity contribution >= 4 is 5.91 Å². The first kappa shape index (κ1) is 15.7. The van der Waals surface area contributed by atoms with Crippen molar-refractivity contribution in [2.45, 2.75) is 33.1 Å². The van der Waals surface area contributed by atoms with Gasteiger partial charge in [-0.3, -0.25) is 4.79 Å². The molecule has 0 radical (unpaired) electrons. The molecule has 2 N–H and O–H groups in total. The molecule has 0 bridgehead atoms. The maximum absolute atomic E-state index is 12.1. The maximum atomic E-state index is 12.1. The highest BCUT2D eigenvalue weighted by atomic mass is 16.1. The average Bonchev–Trinajstić information content (AvgIpc) is 2.41. The van der Waals surface area contributed by atoms with Gasteiger partial charge in [-0.05, 0) is 50.4 Å². The zero-order valence-corrected chi connectivity index (χ0v) is 12.3. The van der Waals surface area contributed by atoms with Crippen LogP contribution in [0.5, 0.6) is 0 Å². The van der Waals surface area contributed by atoms with Gasteiger partial charge >= 0.3 is 0 Å². The van der Waals surface area contributed by atoms with E-state index >= 15 is 0 Å². The van der Waals surface area contributed by atoms with Crippen molar-refractivity contribution in [1.29, 1.82) is 0 Å². The molecule has 0 aromatic heterocycles. The minimum atomic E-state index is 0.0514. The minimum absolute atomic E-state index is 0.0514. The average molecular weight is 262 g/mol. The highest BCUT2D eigenvalue weighted by Crippen LogP contribution is 2.09. The smallest absolute Gasteiger partial charge is 0.251 e. The summed E-state index contributed by atoms with van der Waals surface area (Å²) in [6.45, 7) is 6.05. The number of carbonyl (C=O) groups excluding carboxylic acids is 1. The molecule has 1 aromatic carbocycles. The van der Waals surface area contributed by atoms with E-state index in [0.717, 1.165) is 43.5 Å². The molecule has 1 aromatic rings. The lowest BCUT2D eigenvalue weighted by atomic mass is 10.0. The molecular formula is C16H26N2O. The molecule has 0 fully saturated rings. The first-order valence-electron chi connectivity index (χ1n) is 7.16. The fourth-order valence-corrected chi connectivity index (χ4v) is 2.03. The molecule has 19 heavy (non-hydrogen) atoms. The lowest BCUT2D eigenvalue weighted by Gasteiger charge is -2.10. The van der Waals surface area contributed by atoms with Crippen molar-refractivity contribution in [3.05, 3.63) is 35.4 Å². The van der Waals surface area contributed by atoms with Crippen LogP contribution >= 0.6 is 0 Å². The summed E-state index contributed by atoms with van der Waals surface area (Å²) in [4.78, 5) is 12.1. The van der Waals surface area contributed by atoms with Crippen LogP contribution in [0.1, 0.15) is 42.6 Å². The Morgan fingerprint density at radius 3 is 2.63 bits per heavy atom. The van der Waals surface area contributed by atoms with Gasteiger partial charge in [0.1, 0.15) is 0 Å². The Hall–Kier alpha value is -1.35. The normalized spacial score (nSPS) is 10.7. The van der Waals surface area contributed by atoms with Gasteiger partial charge in [0.25, 0.3) is 5.91 Å². The Labute approximate surface area is 116 Å². The quantitative estimate of drug-likeness (QED) is 0.707. The van der Waals surface area contributed by atoms with Crippen molar-refractivity contribution in [3.8, 4) is 0 Å². The van der Waals surface area contributed by atoms with Gasteiger partial charge in [-0.15, -0.1) is 0 Å². The maximum Gasteiger partial charge on any atom is 0.251 e. The van der Waals surface area contributed by atoms with Crippen LogP contribution in [0.15, 0.2) is 24.3 Å². The van der Waals surface area contributed by atoms with Crippen LogP contribution in [0.4, 0.5) is 0 Å². The predicted molar refractivity (Wildman–Crippen MR) is 80.5 cm³/mol. The SMILES string of the molecule is CNCCc1ccccc1C(=O)NCCCC(C)C. The second-order valence-electron chi connectivity index (χ2n) is 5.30. The van der Waals surface area contributed by atoms with E-state index in [2.05, 4.69) is 24.5 Å². The van der Waals surface area contributed by atoms with Gasteiger partial charge in [0.15, 0.2) is 0 Å². The molecule has 1 amide bonds. The first-order chi connectivity index (χ1) is 9.15. The molecule has 3 heteroatoms. The summed E-state index contributed by atoms with van der Waals surface area (Å²) in [6.07, 6.45) is 3.08. The predicted octanol–water partition coefficient (Wildman–Crippen LogP) is 2.61. The van der Waals surface area contributed by atoms with E-state index in [9.17, 15) is 4.79 Å². The van der Waals surface area contributed by atoms with E-state index in [0.29, 0.717) is 5.92 Å². The molecule has 0 saturated heterocycles. The Kier molecular flexibility index (Phi) is 7.19. The van der Waals surface area contributed by atoms with Crippen LogP contribution in [-0.2, 0) is 6.42 Å². The fraction of sp³-hybridized carbons (Fsp3) is 0.562. The second-order valence-corrected chi connectivity index (χ2v) is 5.30. The summed E-state index contributed by atoms with van der Waals surface area (Å²) in [5.74, 6) is 0.746. The van der Waals surface area contributed by atoms with Crippen molar-refractivity contribution in [1.82, 2.24) is 10.6 Å². The monoisotopic (exact) mass is 262 g/mol. The molecule has 0 aliphatic rings. The van der Waals surface area contributed by atoms with Crippen LogP contribution in [0.2, 0.25) is 0 Å². The number of carbonyl (C=O) groups is 1. The van der Waals surface area contributed by atoms with E-state index in [-0.39, 0.29) is 5.91 Å². The molecule has 0 heterocycles. The Bertz CT molecular complexity index is 388. The largest absolute Gasteiger partial charge is 0.352 e. The number of benzene rings is 1. The van der Waals surface area contributed by atoms with E-state index in [1.807, 2.05) is 31.3 Å². The number of hydrogen-bond acceptors (Lipinski definition) is 2. The van der Waals surface area contributed by atoms with Crippen LogP contribution < -0.4 is 10.6 Å². The lowest BCUT2D eigenvalue weighted by Crippen LogP contribution is -2.26. The highest BCUT2D eigenvalue weighted by molar-refractivity contribution is 5.95. The van der Waals surface area contributed by atoms with Gasteiger partial charge in [0.05, 0.1) is 0 Å². The molecule has 106 valence electrons. The molecule has 0 unspecified atom stereocenters.